The van der Waals surface area contributed by atoms with Crippen LogP contribution in [-0.2, 0) is 0 Å². The van der Waals surface area contributed by atoms with Crippen LogP contribution in [0, 0.1) is 22.7 Å². The molecule has 3 fully saturated rings. The maximum atomic E-state index is 9.64. The zero-order valence-electron chi connectivity index (χ0n) is 10.6. The third kappa shape index (κ3) is 1.67. The summed E-state index contributed by atoms with van der Waals surface area (Å²) in [4.78, 5) is 0. The summed E-state index contributed by atoms with van der Waals surface area (Å²) in [6, 6.07) is 5.06. The predicted molar refractivity (Wildman–Crippen MR) is 71.9 cm³/mol. The number of fused-ring (bicyclic) bond motifs is 2. The highest BCUT2D eigenvalue weighted by Crippen LogP contribution is 2.50. The molecule has 2 saturated carbocycles. The molecule has 0 amide bonds. The predicted octanol–water partition coefficient (Wildman–Crippen LogP) is 2.73. The van der Waals surface area contributed by atoms with Gasteiger partial charge in [0.25, 0.3) is 0 Å². The van der Waals surface area contributed by atoms with Crippen molar-refractivity contribution in [1.29, 1.82) is 10.5 Å². The fourth-order valence-electron chi connectivity index (χ4n) is 3.84. The van der Waals surface area contributed by atoms with Gasteiger partial charge >= 0.3 is 0 Å². The van der Waals surface area contributed by atoms with Gasteiger partial charge in [-0.25, -0.2) is 0 Å². The van der Waals surface area contributed by atoms with E-state index in [0.717, 1.165) is 38.5 Å². The van der Waals surface area contributed by atoms with Crippen LogP contribution in [0.2, 0.25) is 0 Å². The molecule has 1 saturated heterocycles. The molecule has 0 aromatic heterocycles. The Morgan fingerprint density at radius 1 is 0.889 bits per heavy atom. The van der Waals surface area contributed by atoms with Crippen LogP contribution in [-0.4, -0.2) is 21.6 Å². The Hall–Kier alpha value is -0.710. The van der Waals surface area contributed by atoms with Crippen LogP contribution >= 0.6 is 11.8 Å². The second kappa shape index (κ2) is 4.44. The molecule has 1 aliphatic heterocycles. The Kier molecular flexibility index (Phi) is 3.04. The van der Waals surface area contributed by atoms with Crippen LogP contribution in [0.15, 0.2) is 0 Å². The van der Waals surface area contributed by atoms with Gasteiger partial charge in [-0.05, 0) is 25.7 Å². The molecular weight excluding hydrogens is 242 g/mol. The highest BCUT2D eigenvalue weighted by atomic mass is 32.2. The average molecular weight is 261 g/mol. The molecular formula is C14H19N3S. The van der Waals surface area contributed by atoms with Crippen molar-refractivity contribution in [1.82, 2.24) is 5.32 Å². The molecule has 0 aromatic rings. The van der Waals surface area contributed by atoms with Crippen molar-refractivity contribution in [2.75, 3.05) is 0 Å². The highest BCUT2D eigenvalue weighted by Gasteiger charge is 2.56. The summed E-state index contributed by atoms with van der Waals surface area (Å²) in [7, 11) is 0. The van der Waals surface area contributed by atoms with Gasteiger partial charge in [-0.2, -0.15) is 10.5 Å². The minimum atomic E-state index is -0.438. The van der Waals surface area contributed by atoms with Crippen molar-refractivity contribution in [3.05, 3.63) is 0 Å². The number of thioether (sulfide) groups is 1. The molecule has 0 aromatic carbocycles. The van der Waals surface area contributed by atoms with Gasteiger partial charge in [-0.15, -0.1) is 11.8 Å². The van der Waals surface area contributed by atoms with E-state index in [1.807, 2.05) is 11.8 Å². The molecule has 3 aliphatic rings. The van der Waals surface area contributed by atoms with Crippen LogP contribution in [0.3, 0.4) is 0 Å². The third-order valence-electron chi connectivity index (χ3n) is 4.85. The largest absolute Gasteiger partial charge is 0.280 e. The average Bonchev–Trinajstić information content (AvgIpc) is 2.44. The molecule has 4 heteroatoms. The van der Waals surface area contributed by atoms with Crippen molar-refractivity contribution in [3.8, 4) is 12.1 Å². The number of nitriles is 2. The number of nitrogens with zero attached hydrogens (tertiary/aromatic N) is 2. The number of rotatable bonds is 0. The minimum Gasteiger partial charge on any atom is -0.280 e. The van der Waals surface area contributed by atoms with E-state index in [9.17, 15) is 10.5 Å². The standard InChI is InChI=1S/C14H19N3S/c15-9-13-7-3-1-5-11(13)18-12-6-2-4-8-14(12,10-16)17-13/h11-12,17H,1-8H2/t11-,12+,13-,14-/m1/s1. The van der Waals surface area contributed by atoms with Crippen molar-refractivity contribution in [2.45, 2.75) is 72.9 Å². The SMILES string of the molecule is N#C[C@]12CCCC[C@@H]1S[C@@H]1CCCC[C@]1(C#N)N2. The van der Waals surface area contributed by atoms with Crippen LogP contribution in [0.5, 0.6) is 0 Å². The summed E-state index contributed by atoms with van der Waals surface area (Å²) < 4.78 is 0. The maximum Gasteiger partial charge on any atom is 0.119 e. The Morgan fingerprint density at radius 3 is 1.83 bits per heavy atom. The first kappa shape index (κ1) is 12.3. The highest BCUT2D eigenvalue weighted by molar-refractivity contribution is 8.00. The molecule has 0 spiro atoms. The molecule has 0 unspecified atom stereocenters. The van der Waals surface area contributed by atoms with Crippen molar-refractivity contribution in [2.24, 2.45) is 0 Å². The van der Waals surface area contributed by atoms with Gasteiger partial charge in [0.05, 0.1) is 12.1 Å². The number of hydrogen-bond acceptors (Lipinski definition) is 4. The van der Waals surface area contributed by atoms with E-state index in [1.54, 1.807) is 0 Å². The summed E-state index contributed by atoms with van der Waals surface area (Å²) in [5.41, 5.74) is -0.876. The van der Waals surface area contributed by atoms with Crippen molar-refractivity contribution < 1.29 is 0 Å². The van der Waals surface area contributed by atoms with Crippen LogP contribution in [0.25, 0.3) is 0 Å². The van der Waals surface area contributed by atoms with Gasteiger partial charge in [0.2, 0.25) is 0 Å². The summed E-state index contributed by atoms with van der Waals surface area (Å²) >= 11 is 1.94. The van der Waals surface area contributed by atoms with E-state index in [4.69, 9.17) is 0 Å². The molecule has 1 heterocycles. The van der Waals surface area contributed by atoms with Gasteiger partial charge < -0.3 is 0 Å². The number of hydrogen-bond donors (Lipinski definition) is 1. The normalized spacial score (nSPS) is 47.2. The first-order valence-corrected chi connectivity index (χ1v) is 7.96. The van der Waals surface area contributed by atoms with E-state index >= 15 is 0 Å². The smallest absolute Gasteiger partial charge is 0.119 e. The van der Waals surface area contributed by atoms with E-state index < -0.39 is 11.1 Å². The van der Waals surface area contributed by atoms with Gasteiger partial charge in [-0.1, -0.05) is 25.7 Å². The van der Waals surface area contributed by atoms with Gasteiger partial charge in [0, 0.05) is 10.5 Å². The van der Waals surface area contributed by atoms with E-state index in [1.165, 1.54) is 12.8 Å². The second-order valence-corrected chi connectivity index (χ2v) is 7.31. The van der Waals surface area contributed by atoms with Crippen LogP contribution < -0.4 is 5.32 Å². The summed E-state index contributed by atoms with van der Waals surface area (Å²) in [6.07, 6.45) is 8.78. The molecule has 2 aliphatic carbocycles. The summed E-state index contributed by atoms with van der Waals surface area (Å²) in [6.45, 7) is 0. The summed E-state index contributed by atoms with van der Waals surface area (Å²) in [5, 5.41) is 23.6. The Balaban J connectivity index is 1.95. The number of nitrogens with one attached hydrogen (secondary N) is 1. The first-order chi connectivity index (χ1) is 8.75. The molecule has 18 heavy (non-hydrogen) atoms. The van der Waals surface area contributed by atoms with Crippen molar-refractivity contribution >= 4 is 11.8 Å². The molecule has 3 nitrogen and oxygen atoms in total. The molecule has 96 valence electrons. The molecule has 4 atom stereocenters. The van der Waals surface area contributed by atoms with Gasteiger partial charge in [0.1, 0.15) is 11.1 Å². The first-order valence-electron chi connectivity index (χ1n) is 7.02. The van der Waals surface area contributed by atoms with Crippen LogP contribution in [0.4, 0.5) is 0 Å². The fourth-order valence-corrected chi connectivity index (χ4v) is 5.77. The third-order valence-corrected chi connectivity index (χ3v) is 6.78. The zero-order valence-corrected chi connectivity index (χ0v) is 11.4. The fraction of sp³-hybridized carbons (Fsp3) is 0.857. The Bertz CT molecular complexity index is 386. The monoisotopic (exact) mass is 261 g/mol. The quantitative estimate of drug-likeness (QED) is 0.728. The molecule has 3 rings (SSSR count). The zero-order chi connectivity index (χ0) is 12.6. The Labute approximate surface area is 113 Å². The molecule has 0 bridgehead atoms. The van der Waals surface area contributed by atoms with E-state index in [-0.39, 0.29) is 0 Å². The lowest BCUT2D eigenvalue weighted by atomic mass is 9.75. The molecule has 0 radical (unpaired) electrons. The Morgan fingerprint density at radius 2 is 1.39 bits per heavy atom. The van der Waals surface area contributed by atoms with Crippen molar-refractivity contribution in [3.63, 3.8) is 0 Å². The van der Waals surface area contributed by atoms with E-state index in [0.29, 0.717) is 10.5 Å². The van der Waals surface area contributed by atoms with Gasteiger partial charge in [-0.3, -0.25) is 5.32 Å². The van der Waals surface area contributed by atoms with Crippen LogP contribution in [0.1, 0.15) is 51.4 Å². The second-order valence-electron chi connectivity index (χ2n) is 5.90. The molecule has 1 N–H and O–H groups in total. The lowest BCUT2D eigenvalue weighted by Gasteiger charge is -2.54. The summed E-state index contributed by atoms with van der Waals surface area (Å²) in [5.74, 6) is 0. The van der Waals surface area contributed by atoms with E-state index in [2.05, 4.69) is 17.5 Å². The lowest BCUT2D eigenvalue weighted by Crippen LogP contribution is -2.70. The topological polar surface area (TPSA) is 59.6 Å². The minimum absolute atomic E-state index is 0.390. The lowest BCUT2D eigenvalue weighted by molar-refractivity contribution is 0.190. The van der Waals surface area contributed by atoms with Gasteiger partial charge in [0.15, 0.2) is 0 Å². The maximum absolute atomic E-state index is 9.64.